The summed E-state index contributed by atoms with van der Waals surface area (Å²) in [6.07, 6.45) is 0.502. The summed E-state index contributed by atoms with van der Waals surface area (Å²) < 4.78 is 4.53. The molecule has 0 unspecified atom stereocenters. The zero-order chi connectivity index (χ0) is 13.1. The Morgan fingerprint density at radius 2 is 2.17 bits per heavy atom. The van der Waals surface area contributed by atoms with E-state index in [2.05, 4.69) is 9.72 Å². The van der Waals surface area contributed by atoms with Gasteiger partial charge in [-0.05, 0) is 30.0 Å². The predicted octanol–water partition coefficient (Wildman–Crippen LogP) is 1.34. The maximum absolute atomic E-state index is 11.8. The van der Waals surface area contributed by atoms with Crippen molar-refractivity contribution in [3.05, 3.63) is 40.2 Å². The van der Waals surface area contributed by atoms with Gasteiger partial charge in [-0.3, -0.25) is 9.59 Å². The van der Waals surface area contributed by atoms with Gasteiger partial charge in [-0.25, -0.2) is 0 Å². The number of fused-ring (bicyclic) bond motifs is 1. The molecular formula is C13H13NO4. The molecule has 0 amide bonds. The molecule has 0 fully saturated rings. The molecule has 5 heteroatoms. The van der Waals surface area contributed by atoms with Crippen molar-refractivity contribution < 1.29 is 14.6 Å². The smallest absolute Gasteiger partial charge is 0.305 e. The van der Waals surface area contributed by atoms with Gasteiger partial charge in [-0.2, -0.15) is 0 Å². The first-order valence-corrected chi connectivity index (χ1v) is 5.52. The average molecular weight is 247 g/mol. The molecule has 0 radical (unpaired) electrons. The SMILES string of the molecule is COC(=O)CCc1cc2ccc(O)cc2[nH]c1=O. The van der Waals surface area contributed by atoms with Crippen LogP contribution < -0.4 is 5.56 Å². The number of aromatic nitrogens is 1. The average Bonchev–Trinajstić information content (AvgIpc) is 2.35. The van der Waals surface area contributed by atoms with Crippen LogP contribution >= 0.6 is 0 Å². The molecule has 0 saturated heterocycles. The number of esters is 1. The molecule has 0 aliphatic carbocycles. The van der Waals surface area contributed by atoms with Gasteiger partial charge >= 0.3 is 5.97 Å². The van der Waals surface area contributed by atoms with Crippen molar-refractivity contribution in [1.82, 2.24) is 4.98 Å². The summed E-state index contributed by atoms with van der Waals surface area (Å²) in [6.45, 7) is 0. The molecule has 1 heterocycles. The van der Waals surface area contributed by atoms with Crippen molar-refractivity contribution in [2.75, 3.05) is 7.11 Å². The summed E-state index contributed by atoms with van der Waals surface area (Å²) in [5.41, 5.74) is 0.845. The van der Waals surface area contributed by atoms with Gasteiger partial charge in [-0.1, -0.05) is 0 Å². The Morgan fingerprint density at radius 3 is 2.89 bits per heavy atom. The largest absolute Gasteiger partial charge is 0.508 e. The van der Waals surface area contributed by atoms with Crippen LogP contribution in [0.15, 0.2) is 29.1 Å². The van der Waals surface area contributed by atoms with Crippen molar-refractivity contribution in [1.29, 1.82) is 0 Å². The molecule has 0 aliphatic rings. The highest BCUT2D eigenvalue weighted by atomic mass is 16.5. The summed E-state index contributed by atoms with van der Waals surface area (Å²) in [6, 6.07) is 6.46. The number of nitrogens with one attached hydrogen (secondary N) is 1. The highest BCUT2D eigenvalue weighted by Gasteiger charge is 2.07. The first-order valence-electron chi connectivity index (χ1n) is 5.52. The Labute approximate surface area is 103 Å². The number of phenols is 1. The lowest BCUT2D eigenvalue weighted by molar-refractivity contribution is -0.140. The zero-order valence-corrected chi connectivity index (χ0v) is 9.90. The Bertz CT molecular complexity index is 645. The lowest BCUT2D eigenvalue weighted by atomic mass is 10.1. The molecular weight excluding hydrogens is 234 g/mol. The molecule has 0 bridgehead atoms. The van der Waals surface area contributed by atoms with E-state index >= 15 is 0 Å². The number of phenolic OH excluding ortho intramolecular Hbond substituents is 1. The standard InChI is InChI=1S/C13H13NO4/c1-18-12(16)5-3-9-6-8-2-4-10(15)7-11(8)14-13(9)17/h2,4,6-7,15H,3,5H2,1H3,(H,14,17). The molecule has 1 aromatic heterocycles. The second-order valence-electron chi connectivity index (χ2n) is 3.97. The van der Waals surface area contributed by atoms with Gasteiger partial charge < -0.3 is 14.8 Å². The van der Waals surface area contributed by atoms with E-state index in [0.717, 1.165) is 5.39 Å². The number of methoxy groups -OCH3 is 1. The molecule has 94 valence electrons. The van der Waals surface area contributed by atoms with Crippen molar-refractivity contribution in [3.8, 4) is 5.75 Å². The summed E-state index contributed by atoms with van der Waals surface area (Å²) in [4.78, 5) is 25.5. The van der Waals surface area contributed by atoms with Crippen LogP contribution in [0.5, 0.6) is 5.75 Å². The first-order chi connectivity index (χ1) is 8.60. The molecule has 2 N–H and O–H groups in total. The lowest BCUT2D eigenvalue weighted by Gasteiger charge is -2.03. The fourth-order valence-electron chi connectivity index (χ4n) is 1.76. The van der Waals surface area contributed by atoms with Crippen LogP contribution in [0.2, 0.25) is 0 Å². The van der Waals surface area contributed by atoms with Gasteiger partial charge in [0, 0.05) is 18.1 Å². The van der Waals surface area contributed by atoms with Gasteiger partial charge in [0.25, 0.3) is 5.56 Å². The number of aromatic hydroxyl groups is 1. The lowest BCUT2D eigenvalue weighted by Crippen LogP contribution is -2.14. The van der Waals surface area contributed by atoms with Crippen LogP contribution in [0.4, 0.5) is 0 Å². The van der Waals surface area contributed by atoms with Crippen molar-refractivity contribution in [3.63, 3.8) is 0 Å². The minimum atomic E-state index is -0.347. The zero-order valence-electron chi connectivity index (χ0n) is 9.90. The second kappa shape index (κ2) is 4.91. The molecule has 2 rings (SSSR count). The van der Waals surface area contributed by atoms with Gasteiger partial charge in [0.1, 0.15) is 5.75 Å². The number of hydrogen-bond donors (Lipinski definition) is 2. The fourth-order valence-corrected chi connectivity index (χ4v) is 1.76. The molecule has 0 aliphatic heterocycles. The summed E-state index contributed by atoms with van der Waals surface area (Å²) in [5.74, 6) is -0.249. The van der Waals surface area contributed by atoms with Gasteiger partial charge in [0.2, 0.25) is 0 Å². The van der Waals surface area contributed by atoms with Crippen LogP contribution in [-0.2, 0) is 16.0 Å². The summed E-state index contributed by atoms with van der Waals surface area (Å²) >= 11 is 0. The van der Waals surface area contributed by atoms with Crippen molar-refractivity contribution in [2.45, 2.75) is 12.8 Å². The number of pyridine rings is 1. The van der Waals surface area contributed by atoms with E-state index in [4.69, 9.17) is 0 Å². The number of ether oxygens (including phenoxy) is 1. The number of carbonyl (C=O) groups excluding carboxylic acids is 1. The molecule has 2 aromatic rings. The molecule has 0 saturated carbocycles. The maximum Gasteiger partial charge on any atom is 0.305 e. The van der Waals surface area contributed by atoms with Gasteiger partial charge in [-0.15, -0.1) is 0 Å². The van der Waals surface area contributed by atoms with Gasteiger partial charge in [0.15, 0.2) is 0 Å². The number of benzene rings is 1. The van der Waals surface area contributed by atoms with Crippen LogP contribution in [0.3, 0.4) is 0 Å². The highest BCUT2D eigenvalue weighted by Crippen LogP contribution is 2.17. The quantitative estimate of drug-likeness (QED) is 0.802. The Hall–Kier alpha value is -2.30. The number of hydrogen-bond acceptors (Lipinski definition) is 4. The monoisotopic (exact) mass is 247 g/mol. The normalized spacial score (nSPS) is 10.5. The van der Waals surface area contributed by atoms with Crippen molar-refractivity contribution >= 4 is 16.9 Å². The van der Waals surface area contributed by atoms with Crippen LogP contribution in [0.25, 0.3) is 10.9 Å². The number of aryl methyl sites for hydroxylation is 1. The Balaban J connectivity index is 2.35. The first kappa shape index (κ1) is 12.2. The number of rotatable bonds is 3. The minimum Gasteiger partial charge on any atom is -0.508 e. The molecule has 0 spiro atoms. The predicted molar refractivity (Wildman–Crippen MR) is 66.6 cm³/mol. The number of H-pyrrole nitrogens is 1. The molecule has 5 nitrogen and oxygen atoms in total. The summed E-state index contributed by atoms with van der Waals surface area (Å²) in [7, 11) is 1.32. The van der Waals surface area contributed by atoms with E-state index in [9.17, 15) is 14.7 Å². The van der Waals surface area contributed by atoms with E-state index in [0.29, 0.717) is 17.5 Å². The van der Waals surface area contributed by atoms with Crippen LogP contribution in [0, 0.1) is 0 Å². The van der Waals surface area contributed by atoms with Gasteiger partial charge in [0.05, 0.1) is 12.6 Å². The Kier molecular flexibility index (Phi) is 3.32. The fraction of sp³-hybridized carbons (Fsp3) is 0.231. The third kappa shape index (κ3) is 2.51. The second-order valence-corrected chi connectivity index (χ2v) is 3.97. The van der Waals surface area contributed by atoms with Crippen molar-refractivity contribution in [2.24, 2.45) is 0 Å². The molecule has 18 heavy (non-hydrogen) atoms. The summed E-state index contributed by atoms with van der Waals surface area (Å²) in [5, 5.41) is 10.1. The third-order valence-electron chi connectivity index (χ3n) is 2.73. The molecule has 0 atom stereocenters. The van der Waals surface area contributed by atoms with E-state index in [1.165, 1.54) is 13.2 Å². The van der Waals surface area contributed by atoms with Crippen LogP contribution in [-0.4, -0.2) is 23.2 Å². The van der Waals surface area contributed by atoms with Crippen LogP contribution in [0.1, 0.15) is 12.0 Å². The maximum atomic E-state index is 11.8. The minimum absolute atomic E-state index is 0.0976. The molecule has 1 aromatic carbocycles. The van der Waals surface area contributed by atoms with E-state index in [-0.39, 0.29) is 23.7 Å². The Morgan fingerprint density at radius 1 is 1.39 bits per heavy atom. The highest BCUT2D eigenvalue weighted by molar-refractivity contribution is 5.80. The number of aromatic amines is 1. The van der Waals surface area contributed by atoms with E-state index in [1.807, 2.05) is 0 Å². The van der Waals surface area contributed by atoms with E-state index < -0.39 is 0 Å². The third-order valence-corrected chi connectivity index (χ3v) is 2.73. The van der Waals surface area contributed by atoms with E-state index in [1.54, 1.807) is 18.2 Å². The topological polar surface area (TPSA) is 79.4 Å². The number of carbonyl (C=O) groups is 1.